The Kier molecular flexibility index (Phi) is 2.69. The molecule has 0 bridgehead atoms. The Labute approximate surface area is 88.0 Å². The monoisotopic (exact) mass is 203 g/mol. The molecule has 0 aliphatic rings. The molecule has 3 N–H and O–H groups in total. The summed E-state index contributed by atoms with van der Waals surface area (Å²) < 4.78 is 5.40. The number of hydrogen-bond donors (Lipinski definition) is 2. The minimum absolute atomic E-state index is 0.659. The Balaban J connectivity index is 2.45. The van der Waals surface area contributed by atoms with E-state index >= 15 is 0 Å². The van der Waals surface area contributed by atoms with Gasteiger partial charge in [0.15, 0.2) is 0 Å². The van der Waals surface area contributed by atoms with E-state index in [4.69, 9.17) is 10.6 Å². The van der Waals surface area contributed by atoms with Gasteiger partial charge >= 0.3 is 0 Å². The summed E-state index contributed by atoms with van der Waals surface area (Å²) in [5.41, 5.74) is 3.41. The molecule has 2 aromatic rings. The summed E-state index contributed by atoms with van der Waals surface area (Å²) in [7, 11) is 0. The molecule has 4 heteroatoms. The highest BCUT2D eigenvalue weighted by Crippen LogP contribution is 2.20. The lowest BCUT2D eigenvalue weighted by Crippen LogP contribution is -2.08. The van der Waals surface area contributed by atoms with Crippen LogP contribution in [0.2, 0.25) is 0 Å². The third-order valence-electron chi connectivity index (χ3n) is 2.12. The summed E-state index contributed by atoms with van der Waals surface area (Å²) in [6.45, 7) is 2.63. The van der Waals surface area contributed by atoms with Gasteiger partial charge in [-0.2, -0.15) is 0 Å². The van der Waals surface area contributed by atoms with Crippen LogP contribution in [0.15, 0.2) is 30.3 Å². The normalized spacial score (nSPS) is 10.3. The number of aromatic nitrogens is 1. The van der Waals surface area contributed by atoms with Gasteiger partial charge in [0.25, 0.3) is 0 Å². The first-order valence-corrected chi connectivity index (χ1v) is 4.83. The molecule has 0 aliphatic carbocycles. The van der Waals surface area contributed by atoms with Crippen molar-refractivity contribution in [2.24, 2.45) is 5.84 Å². The van der Waals surface area contributed by atoms with E-state index in [1.807, 2.05) is 37.3 Å². The molecule has 2 rings (SSSR count). The molecule has 1 aromatic carbocycles. The predicted molar refractivity (Wildman–Crippen MR) is 60.7 cm³/mol. The first-order valence-electron chi connectivity index (χ1n) is 4.83. The lowest BCUT2D eigenvalue weighted by Gasteiger charge is -2.05. The van der Waals surface area contributed by atoms with Crippen LogP contribution in [0.4, 0.5) is 5.82 Å². The molecule has 0 unspecified atom stereocenters. The van der Waals surface area contributed by atoms with Crippen molar-refractivity contribution >= 4 is 16.7 Å². The van der Waals surface area contributed by atoms with Crippen LogP contribution >= 0.6 is 0 Å². The number of pyridine rings is 1. The van der Waals surface area contributed by atoms with E-state index in [-0.39, 0.29) is 0 Å². The van der Waals surface area contributed by atoms with Crippen LogP contribution in [0.1, 0.15) is 6.92 Å². The minimum atomic E-state index is 0.659. The Morgan fingerprint density at radius 3 is 2.93 bits per heavy atom. The zero-order chi connectivity index (χ0) is 10.7. The predicted octanol–water partition coefficient (Wildman–Crippen LogP) is 1.92. The van der Waals surface area contributed by atoms with Gasteiger partial charge in [-0.15, -0.1) is 0 Å². The molecule has 1 aromatic heterocycles. The maximum absolute atomic E-state index is 5.40. The molecule has 1 heterocycles. The van der Waals surface area contributed by atoms with E-state index in [1.165, 1.54) is 0 Å². The van der Waals surface area contributed by atoms with Crippen molar-refractivity contribution < 1.29 is 4.74 Å². The zero-order valence-corrected chi connectivity index (χ0v) is 8.53. The van der Waals surface area contributed by atoms with Gasteiger partial charge in [-0.05, 0) is 37.3 Å². The quantitative estimate of drug-likeness (QED) is 0.591. The van der Waals surface area contributed by atoms with Crippen molar-refractivity contribution in [3.63, 3.8) is 0 Å². The fourth-order valence-electron chi connectivity index (χ4n) is 1.44. The Bertz CT molecular complexity index is 470. The molecule has 0 saturated carbocycles. The third kappa shape index (κ3) is 1.99. The van der Waals surface area contributed by atoms with Crippen molar-refractivity contribution in [3.05, 3.63) is 30.3 Å². The molecule has 0 saturated heterocycles. The average molecular weight is 203 g/mol. The Morgan fingerprint density at radius 2 is 2.20 bits per heavy atom. The number of nitrogen functional groups attached to an aromatic ring is 1. The number of nitrogens with zero attached hydrogens (tertiary/aromatic N) is 1. The number of fused-ring (bicyclic) bond motifs is 1. The molecule has 0 radical (unpaired) electrons. The largest absolute Gasteiger partial charge is 0.494 e. The van der Waals surface area contributed by atoms with Crippen molar-refractivity contribution in [3.8, 4) is 5.75 Å². The second-order valence-electron chi connectivity index (χ2n) is 3.13. The van der Waals surface area contributed by atoms with E-state index in [2.05, 4.69) is 10.4 Å². The number of ether oxygens (including phenoxy) is 1. The van der Waals surface area contributed by atoms with Crippen LogP contribution in [0.25, 0.3) is 10.9 Å². The van der Waals surface area contributed by atoms with Crippen LogP contribution in [0, 0.1) is 0 Å². The van der Waals surface area contributed by atoms with Gasteiger partial charge in [-0.3, -0.25) is 0 Å². The molecule has 15 heavy (non-hydrogen) atoms. The van der Waals surface area contributed by atoms with Gasteiger partial charge in [0.1, 0.15) is 11.6 Å². The maximum atomic E-state index is 5.40. The van der Waals surface area contributed by atoms with Gasteiger partial charge in [0.2, 0.25) is 0 Å². The highest BCUT2D eigenvalue weighted by Gasteiger charge is 1.99. The number of anilines is 1. The molecule has 4 nitrogen and oxygen atoms in total. The van der Waals surface area contributed by atoms with Crippen LogP contribution in [-0.4, -0.2) is 11.6 Å². The average Bonchev–Trinajstić information content (AvgIpc) is 2.29. The molecular formula is C11H13N3O. The highest BCUT2D eigenvalue weighted by atomic mass is 16.5. The smallest absolute Gasteiger partial charge is 0.140 e. The van der Waals surface area contributed by atoms with E-state index in [9.17, 15) is 0 Å². The van der Waals surface area contributed by atoms with Crippen LogP contribution < -0.4 is 16.0 Å². The third-order valence-corrected chi connectivity index (χ3v) is 2.12. The number of hydrogen-bond acceptors (Lipinski definition) is 4. The summed E-state index contributed by atoms with van der Waals surface area (Å²) in [5, 5.41) is 1.04. The number of nitrogens with two attached hydrogens (primary N) is 1. The lowest BCUT2D eigenvalue weighted by atomic mass is 10.2. The van der Waals surface area contributed by atoms with Gasteiger partial charge in [0.05, 0.1) is 12.1 Å². The van der Waals surface area contributed by atoms with Crippen molar-refractivity contribution in [2.75, 3.05) is 12.0 Å². The fraction of sp³-hybridized carbons (Fsp3) is 0.182. The standard InChI is InChI=1S/C11H13N3O/c1-2-15-9-4-5-10-8(7-9)3-6-11(13-10)14-12/h3-7H,2,12H2,1H3,(H,13,14). The topological polar surface area (TPSA) is 60.2 Å². The van der Waals surface area contributed by atoms with E-state index in [0.29, 0.717) is 12.4 Å². The molecule has 78 valence electrons. The minimum Gasteiger partial charge on any atom is -0.494 e. The van der Waals surface area contributed by atoms with Crippen LogP contribution in [0.5, 0.6) is 5.75 Å². The van der Waals surface area contributed by atoms with Gasteiger partial charge < -0.3 is 10.2 Å². The molecule has 0 spiro atoms. The van der Waals surface area contributed by atoms with E-state index in [1.54, 1.807) is 0 Å². The molecule has 0 atom stereocenters. The summed E-state index contributed by atoms with van der Waals surface area (Å²) in [6, 6.07) is 9.57. The number of rotatable bonds is 3. The molecular weight excluding hydrogens is 190 g/mol. The highest BCUT2D eigenvalue weighted by molar-refractivity contribution is 5.81. The summed E-state index contributed by atoms with van der Waals surface area (Å²) in [5.74, 6) is 6.80. The van der Waals surface area contributed by atoms with Crippen molar-refractivity contribution in [1.29, 1.82) is 0 Å². The summed E-state index contributed by atoms with van der Waals surface area (Å²) in [6.07, 6.45) is 0. The molecule has 0 aliphatic heterocycles. The van der Waals surface area contributed by atoms with Crippen LogP contribution in [0.3, 0.4) is 0 Å². The molecule has 0 amide bonds. The fourth-order valence-corrected chi connectivity index (χ4v) is 1.44. The van der Waals surface area contributed by atoms with E-state index in [0.717, 1.165) is 16.7 Å². The van der Waals surface area contributed by atoms with Crippen molar-refractivity contribution in [1.82, 2.24) is 4.98 Å². The lowest BCUT2D eigenvalue weighted by molar-refractivity contribution is 0.340. The van der Waals surface area contributed by atoms with Gasteiger partial charge in [-0.1, -0.05) is 0 Å². The SMILES string of the molecule is CCOc1ccc2nc(NN)ccc2c1. The summed E-state index contributed by atoms with van der Waals surface area (Å²) >= 11 is 0. The van der Waals surface area contributed by atoms with Crippen molar-refractivity contribution in [2.45, 2.75) is 6.92 Å². The zero-order valence-electron chi connectivity index (χ0n) is 8.53. The van der Waals surface area contributed by atoms with Crippen LogP contribution in [-0.2, 0) is 0 Å². The number of hydrazine groups is 1. The first kappa shape index (κ1) is 9.73. The molecule has 0 fully saturated rings. The van der Waals surface area contributed by atoms with Gasteiger partial charge in [0, 0.05) is 5.39 Å². The number of benzene rings is 1. The van der Waals surface area contributed by atoms with E-state index < -0.39 is 0 Å². The first-order chi connectivity index (χ1) is 7.33. The number of nitrogens with one attached hydrogen (secondary N) is 1. The van der Waals surface area contributed by atoms with Gasteiger partial charge in [-0.25, -0.2) is 10.8 Å². The second kappa shape index (κ2) is 4.14. The Morgan fingerprint density at radius 1 is 1.33 bits per heavy atom. The Hall–Kier alpha value is -1.81. The second-order valence-corrected chi connectivity index (χ2v) is 3.13. The maximum Gasteiger partial charge on any atom is 0.140 e. The summed E-state index contributed by atoms with van der Waals surface area (Å²) in [4.78, 5) is 4.30.